The maximum absolute atomic E-state index is 13.2. The summed E-state index contributed by atoms with van der Waals surface area (Å²) in [6.07, 6.45) is -2.35. The molecule has 0 radical (unpaired) electrons. The molecule has 118 valence electrons. The summed E-state index contributed by atoms with van der Waals surface area (Å²) in [4.78, 5) is 10.4. The highest BCUT2D eigenvalue weighted by atomic mass is 19.4. The van der Waals surface area contributed by atoms with Crippen molar-refractivity contribution >= 4 is 16.9 Å². The van der Waals surface area contributed by atoms with Crippen LogP contribution in [-0.2, 0) is 6.18 Å². The van der Waals surface area contributed by atoms with Crippen molar-refractivity contribution in [3.8, 4) is 5.75 Å². The van der Waals surface area contributed by atoms with Gasteiger partial charge in [0.1, 0.15) is 30.1 Å². The van der Waals surface area contributed by atoms with Gasteiger partial charge in [0.05, 0.1) is 17.0 Å². The molecule has 2 N–H and O–H groups in total. The van der Waals surface area contributed by atoms with E-state index < -0.39 is 11.7 Å². The summed E-state index contributed by atoms with van der Waals surface area (Å²) in [6.45, 7) is 0.330. The summed E-state index contributed by atoms with van der Waals surface area (Å²) in [5, 5.41) is 2.98. The third-order valence-corrected chi connectivity index (χ3v) is 3.79. The fourth-order valence-corrected chi connectivity index (χ4v) is 2.74. The molecule has 0 aliphatic carbocycles. The number of aromatic amines is 1. The van der Waals surface area contributed by atoms with Gasteiger partial charge in [-0.3, -0.25) is 0 Å². The maximum Gasteiger partial charge on any atom is 0.418 e. The number of benzene rings is 1. The lowest BCUT2D eigenvalue weighted by atomic mass is 10.1. The van der Waals surface area contributed by atoms with Crippen LogP contribution in [0, 0.1) is 0 Å². The van der Waals surface area contributed by atoms with E-state index in [2.05, 4.69) is 20.3 Å². The number of halogens is 3. The van der Waals surface area contributed by atoms with E-state index in [1.807, 2.05) is 24.3 Å². The molecule has 0 amide bonds. The Kier molecular flexibility index (Phi) is 2.93. The summed E-state index contributed by atoms with van der Waals surface area (Å²) in [5.41, 5.74) is 0.244. The normalized spacial score (nSPS) is 17.1. The molecule has 0 unspecified atom stereocenters. The van der Waals surface area contributed by atoms with E-state index >= 15 is 0 Å². The average Bonchev–Trinajstić information content (AvgIpc) is 3.12. The Morgan fingerprint density at radius 2 is 2.04 bits per heavy atom. The standard InChI is InChI=1S/C15H11F3N4O/c16-15(17,18)9-5-19-13-12(9)14(21-7-20-13)22-10-6-23-11-4-2-1-3-8(10)11/h1-5,7,10H,6H2,(H2,19,20,21,22)/t10-/m0/s1. The van der Waals surface area contributed by atoms with Crippen molar-refractivity contribution in [2.24, 2.45) is 0 Å². The van der Waals surface area contributed by atoms with Crippen LogP contribution < -0.4 is 10.1 Å². The van der Waals surface area contributed by atoms with Crippen LogP contribution in [0.15, 0.2) is 36.8 Å². The Morgan fingerprint density at radius 3 is 2.87 bits per heavy atom. The number of para-hydroxylation sites is 1. The van der Waals surface area contributed by atoms with Crippen molar-refractivity contribution < 1.29 is 17.9 Å². The zero-order valence-electron chi connectivity index (χ0n) is 11.7. The van der Waals surface area contributed by atoms with Gasteiger partial charge in [0.15, 0.2) is 0 Å². The first-order chi connectivity index (χ1) is 11.0. The number of alkyl halides is 3. The van der Waals surface area contributed by atoms with Gasteiger partial charge in [-0.05, 0) is 6.07 Å². The molecular formula is C15H11F3N4O. The quantitative estimate of drug-likeness (QED) is 0.758. The summed E-state index contributed by atoms with van der Waals surface area (Å²) >= 11 is 0. The van der Waals surface area contributed by atoms with Crippen molar-refractivity contribution in [3.63, 3.8) is 0 Å². The van der Waals surface area contributed by atoms with Gasteiger partial charge in [-0.2, -0.15) is 13.2 Å². The van der Waals surface area contributed by atoms with Gasteiger partial charge in [-0.15, -0.1) is 0 Å². The minimum absolute atomic E-state index is 0.0654. The molecule has 1 aromatic carbocycles. The molecule has 3 aromatic rings. The molecule has 1 aliphatic rings. The molecule has 0 fully saturated rings. The lowest BCUT2D eigenvalue weighted by molar-refractivity contribution is -0.136. The monoisotopic (exact) mass is 320 g/mol. The van der Waals surface area contributed by atoms with E-state index in [0.29, 0.717) is 6.61 Å². The number of aromatic nitrogens is 3. The van der Waals surface area contributed by atoms with Crippen molar-refractivity contribution in [2.75, 3.05) is 11.9 Å². The molecule has 23 heavy (non-hydrogen) atoms. The Bertz CT molecular complexity index is 875. The number of anilines is 1. The van der Waals surface area contributed by atoms with Crippen LogP contribution >= 0.6 is 0 Å². The third-order valence-electron chi connectivity index (χ3n) is 3.79. The van der Waals surface area contributed by atoms with Crippen LogP contribution in [0.3, 0.4) is 0 Å². The molecule has 0 bridgehead atoms. The Hall–Kier alpha value is -2.77. The van der Waals surface area contributed by atoms with Gasteiger partial charge in [0, 0.05) is 11.8 Å². The first-order valence-electron chi connectivity index (χ1n) is 6.91. The fraction of sp³-hybridized carbons (Fsp3) is 0.200. The molecule has 0 saturated heterocycles. The number of nitrogens with one attached hydrogen (secondary N) is 2. The second kappa shape index (κ2) is 4.87. The van der Waals surface area contributed by atoms with Crippen LogP contribution in [-0.4, -0.2) is 21.6 Å². The Labute approximate surface area is 128 Å². The highest BCUT2D eigenvalue weighted by Crippen LogP contribution is 2.39. The molecule has 1 aliphatic heterocycles. The number of hydrogen-bond acceptors (Lipinski definition) is 4. The lowest BCUT2D eigenvalue weighted by Gasteiger charge is -2.14. The van der Waals surface area contributed by atoms with Gasteiger partial charge in [0.25, 0.3) is 0 Å². The summed E-state index contributed by atoms with van der Waals surface area (Å²) in [5.74, 6) is 0.856. The maximum atomic E-state index is 13.2. The molecular weight excluding hydrogens is 309 g/mol. The lowest BCUT2D eigenvalue weighted by Crippen LogP contribution is -2.14. The second-order valence-electron chi connectivity index (χ2n) is 5.19. The number of ether oxygens (including phenoxy) is 1. The largest absolute Gasteiger partial charge is 0.491 e. The van der Waals surface area contributed by atoms with E-state index in [-0.39, 0.29) is 22.9 Å². The number of rotatable bonds is 2. The van der Waals surface area contributed by atoms with Gasteiger partial charge >= 0.3 is 6.18 Å². The summed E-state index contributed by atoms with van der Waals surface area (Å²) in [7, 11) is 0. The highest BCUT2D eigenvalue weighted by molar-refractivity contribution is 5.91. The second-order valence-corrected chi connectivity index (χ2v) is 5.19. The minimum Gasteiger partial charge on any atom is -0.491 e. The molecule has 3 heterocycles. The summed E-state index contributed by atoms with van der Waals surface area (Å²) in [6, 6.07) is 7.14. The number of H-pyrrole nitrogens is 1. The van der Waals surface area contributed by atoms with E-state index in [4.69, 9.17) is 4.74 Å². The molecule has 4 rings (SSSR count). The number of hydrogen-bond donors (Lipinski definition) is 2. The van der Waals surface area contributed by atoms with Crippen molar-refractivity contribution in [3.05, 3.63) is 47.9 Å². The fourth-order valence-electron chi connectivity index (χ4n) is 2.74. The minimum atomic E-state index is -4.48. The Morgan fingerprint density at radius 1 is 1.22 bits per heavy atom. The SMILES string of the molecule is FC(F)(F)c1c[nH]c2ncnc(N[C@H]3COc4ccccc43)c12. The van der Waals surface area contributed by atoms with Gasteiger partial charge in [0.2, 0.25) is 0 Å². The van der Waals surface area contributed by atoms with Gasteiger partial charge in [-0.25, -0.2) is 9.97 Å². The molecule has 0 spiro atoms. The van der Waals surface area contributed by atoms with Gasteiger partial charge < -0.3 is 15.0 Å². The number of fused-ring (bicyclic) bond motifs is 2. The first kappa shape index (κ1) is 13.9. The average molecular weight is 320 g/mol. The third kappa shape index (κ3) is 2.26. The molecule has 2 aromatic heterocycles. The van der Waals surface area contributed by atoms with Crippen LogP contribution in [0.1, 0.15) is 17.2 Å². The van der Waals surface area contributed by atoms with E-state index in [9.17, 15) is 13.2 Å². The highest BCUT2D eigenvalue weighted by Gasteiger charge is 2.36. The van der Waals surface area contributed by atoms with E-state index in [0.717, 1.165) is 17.5 Å². The topological polar surface area (TPSA) is 62.8 Å². The van der Waals surface area contributed by atoms with Crippen LogP contribution in [0.25, 0.3) is 11.0 Å². The summed E-state index contributed by atoms with van der Waals surface area (Å²) < 4.78 is 45.0. The van der Waals surface area contributed by atoms with Crippen molar-refractivity contribution in [1.82, 2.24) is 15.0 Å². The molecule has 5 nitrogen and oxygen atoms in total. The van der Waals surface area contributed by atoms with Crippen LogP contribution in [0.4, 0.5) is 19.0 Å². The Balaban J connectivity index is 1.77. The number of nitrogens with zero attached hydrogens (tertiary/aromatic N) is 2. The van der Waals surface area contributed by atoms with Crippen molar-refractivity contribution in [2.45, 2.75) is 12.2 Å². The zero-order chi connectivity index (χ0) is 16.0. The molecule has 0 saturated carbocycles. The van der Waals surface area contributed by atoms with Crippen LogP contribution in [0.5, 0.6) is 5.75 Å². The van der Waals surface area contributed by atoms with Crippen LogP contribution in [0.2, 0.25) is 0 Å². The molecule has 8 heteroatoms. The van der Waals surface area contributed by atoms with Gasteiger partial charge in [-0.1, -0.05) is 18.2 Å². The predicted octanol–water partition coefficient (Wildman–Crippen LogP) is 3.52. The van der Waals surface area contributed by atoms with Crippen molar-refractivity contribution in [1.29, 1.82) is 0 Å². The molecule has 1 atom stereocenters. The van der Waals surface area contributed by atoms with E-state index in [1.165, 1.54) is 6.33 Å². The predicted molar refractivity (Wildman–Crippen MR) is 77.2 cm³/mol. The first-order valence-corrected chi connectivity index (χ1v) is 6.91. The zero-order valence-corrected chi connectivity index (χ0v) is 11.7. The smallest absolute Gasteiger partial charge is 0.418 e. The van der Waals surface area contributed by atoms with E-state index in [1.54, 1.807) is 0 Å².